The normalized spacial score (nSPS) is 20.9. The SMILES string of the molecule is COc1ccc([N+](=O)[O-])c(NC(=O)COC(=O)CCCCCN2C(=O)[C@@H]3C4c5ccccc5C(c5ccccc54)[C@@H]3C2=O)c1. The molecular formula is C33H31N3O8. The van der Waals surface area contributed by atoms with Crippen molar-refractivity contribution in [3.05, 3.63) is 99.1 Å². The number of imide groups is 1. The minimum Gasteiger partial charge on any atom is -0.497 e. The van der Waals surface area contributed by atoms with Crippen molar-refractivity contribution < 1.29 is 33.6 Å². The van der Waals surface area contributed by atoms with Gasteiger partial charge < -0.3 is 14.8 Å². The predicted molar refractivity (Wildman–Crippen MR) is 158 cm³/mol. The van der Waals surface area contributed by atoms with Gasteiger partial charge in [0.1, 0.15) is 11.4 Å². The van der Waals surface area contributed by atoms with Gasteiger partial charge in [0.2, 0.25) is 11.8 Å². The van der Waals surface area contributed by atoms with Gasteiger partial charge in [0.15, 0.2) is 6.61 Å². The van der Waals surface area contributed by atoms with Crippen LogP contribution in [-0.2, 0) is 23.9 Å². The molecule has 0 spiro atoms. The minimum absolute atomic E-state index is 0.0501. The molecule has 2 atom stereocenters. The Morgan fingerprint density at radius 1 is 0.864 bits per heavy atom. The molecule has 11 heteroatoms. The van der Waals surface area contributed by atoms with Crippen LogP contribution >= 0.6 is 0 Å². The smallest absolute Gasteiger partial charge is 0.306 e. The van der Waals surface area contributed by atoms with Crippen molar-refractivity contribution in [2.45, 2.75) is 37.5 Å². The number of benzene rings is 3. The van der Waals surface area contributed by atoms with Crippen molar-refractivity contribution in [1.29, 1.82) is 0 Å². The van der Waals surface area contributed by atoms with Gasteiger partial charge in [-0.05, 0) is 41.2 Å². The zero-order valence-electron chi connectivity index (χ0n) is 24.1. The van der Waals surface area contributed by atoms with Crippen molar-refractivity contribution in [3.63, 3.8) is 0 Å². The van der Waals surface area contributed by atoms with Crippen LogP contribution in [0.2, 0.25) is 0 Å². The maximum atomic E-state index is 13.7. The monoisotopic (exact) mass is 597 g/mol. The lowest BCUT2D eigenvalue weighted by Crippen LogP contribution is -2.41. The Labute approximate surface area is 253 Å². The van der Waals surface area contributed by atoms with Gasteiger partial charge in [0, 0.05) is 36.9 Å². The first-order valence-corrected chi connectivity index (χ1v) is 14.6. The lowest BCUT2D eigenvalue weighted by Gasteiger charge is -2.45. The molecule has 0 saturated carbocycles. The van der Waals surface area contributed by atoms with Gasteiger partial charge in [0.25, 0.3) is 11.6 Å². The Kier molecular flexibility index (Phi) is 7.86. The molecule has 0 unspecified atom stereocenters. The largest absolute Gasteiger partial charge is 0.497 e. The maximum absolute atomic E-state index is 13.7. The molecular weight excluding hydrogens is 566 g/mol. The van der Waals surface area contributed by atoms with Crippen molar-refractivity contribution in [2.24, 2.45) is 11.8 Å². The topological polar surface area (TPSA) is 145 Å². The zero-order valence-corrected chi connectivity index (χ0v) is 24.1. The Balaban J connectivity index is 0.988. The van der Waals surface area contributed by atoms with Crippen molar-refractivity contribution in [1.82, 2.24) is 4.90 Å². The number of unbranched alkanes of at least 4 members (excludes halogenated alkanes) is 2. The molecule has 3 amide bonds. The standard InChI is InChI=1S/C33H31N3O8/c1-43-19-14-15-25(36(41)42)24(17-19)34-26(37)18-44-27(38)13-3-2-8-16-35-32(39)30-28-20-9-4-5-10-21(20)29(31(30)33(35)40)23-12-7-6-11-22(23)28/h4-7,9-12,14-15,17,28-31H,2-3,8,13,16,18H2,1H3,(H,34,37)/t28?,29?,30-,31+. The highest BCUT2D eigenvalue weighted by Crippen LogP contribution is 2.60. The number of carbonyl (C=O) groups is 4. The highest BCUT2D eigenvalue weighted by molar-refractivity contribution is 6.07. The number of nitro groups is 1. The second kappa shape index (κ2) is 11.9. The zero-order chi connectivity index (χ0) is 31.0. The molecule has 1 N–H and O–H groups in total. The highest BCUT2D eigenvalue weighted by Gasteiger charge is 2.61. The van der Waals surface area contributed by atoms with E-state index in [1.54, 1.807) is 0 Å². The lowest BCUT2D eigenvalue weighted by molar-refractivity contribution is -0.383. The first kappa shape index (κ1) is 29.0. The van der Waals surface area contributed by atoms with Crippen LogP contribution in [0.3, 0.4) is 0 Å². The van der Waals surface area contributed by atoms with Gasteiger partial charge in [-0.15, -0.1) is 0 Å². The second-order valence-corrected chi connectivity index (χ2v) is 11.3. The summed E-state index contributed by atoms with van der Waals surface area (Å²) in [6.07, 6.45) is 1.62. The summed E-state index contributed by atoms with van der Waals surface area (Å²) in [4.78, 5) is 63.8. The number of likely N-dealkylation sites (tertiary alicyclic amines) is 1. The molecule has 1 heterocycles. The van der Waals surface area contributed by atoms with E-state index >= 15 is 0 Å². The van der Waals surface area contributed by atoms with Gasteiger partial charge in [-0.3, -0.25) is 34.2 Å². The second-order valence-electron chi connectivity index (χ2n) is 11.3. The summed E-state index contributed by atoms with van der Waals surface area (Å²) in [6, 6.07) is 20.2. The maximum Gasteiger partial charge on any atom is 0.306 e. The summed E-state index contributed by atoms with van der Waals surface area (Å²) in [5.41, 5.74) is 4.15. The minimum atomic E-state index is -0.722. The van der Waals surface area contributed by atoms with Crippen molar-refractivity contribution >= 4 is 35.1 Å². The van der Waals surface area contributed by atoms with Gasteiger partial charge >= 0.3 is 5.97 Å². The summed E-state index contributed by atoms with van der Waals surface area (Å²) < 4.78 is 10.1. The van der Waals surface area contributed by atoms with Gasteiger partial charge in [-0.25, -0.2) is 0 Å². The van der Waals surface area contributed by atoms with Crippen LogP contribution in [0.4, 0.5) is 11.4 Å². The first-order valence-electron chi connectivity index (χ1n) is 14.6. The predicted octanol–water partition coefficient (Wildman–Crippen LogP) is 4.54. The fraction of sp³-hybridized carbons (Fsp3) is 0.333. The number of carbonyl (C=O) groups excluding carboxylic acids is 4. The molecule has 1 fully saturated rings. The van der Waals surface area contributed by atoms with E-state index in [2.05, 4.69) is 29.6 Å². The van der Waals surface area contributed by atoms with E-state index in [0.717, 1.165) is 22.3 Å². The summed E-state index contributed by atoms with van der Waals surface area (Å²) >= 11 is 0. The summed E-state index contributed by atoms with van der Waals surface area (Å²) in [7, 11) is 1.39. The average molecular weight is 598 g/mol. The van der Waals surface area contributed by atoms with Crippen LogP contribution in [0.5, 0.6) is 5.75 Å². The molecule has 4 aliphatic rings. The Hall–Kier alpha value is -5.06. The Morgan fingerprint density at radius 2 is 1.43 bits per heavy atom. The van der Waals surface area contributed by atoms with E-state index < -0.39 is 35.2 Å². The van der Waals surface area contributed by atoms with Gasteiger partial charge in [0.05, 0.1) is 23.9 Å². The van der Waals surface area contributed by atoms with Crippen molar-refractivity contribution in [3.8, 4) is 5.75 Å². The van der Waals surface area contributed by atoms with E-state index in [-0.39, 0.29) is 48.0 Å². The molecule has 226 valence electrons. The quantitative estimate of drug-likeness (QED) is 0.112. The fourth-order valence-corrected chi connectivity index (χ4v) is 6.98. The molecule has 11 nitrogen and oxygen atoms in total. The number of nitrogens with zero attached hydrogens (tertiary/aromatic N) is 2. The van der Waals surface area contributed by atoms with Crippen LogP contribution in [0.1, 0.15) is 59.8 Å². The van der Waals surface area contributed by atoms with Crippen LogP contribution in [0, 0.1) is 22.0 Å². The number of nitro benzene ring substituents is 1. The average Bonchev–Trinajstić information content (AvgIpc) is 3.28. The van der Waals surface area contributed by atoms with E-state index in [1.165, 1.54) is 30.2 Å². The molecule has 1 aliphatic heterocycles. The number of anilines is 1. The lowest BCUT2D eigenvalue weighted by atomic mass is 9.55. The van der Waals surface area contributed by atoms with Crippen molar-refractivity contribution in [2.75, 3.05) is 25.6 Å². The third-order valence-electron chi connectivity index (χ3n) is 8.84. The third-order valence-corrected chi connectivity index (χ3v) is 8.84. The molecule has 3 aromatic rings. The van der Waals surface area contributed by atoms with Crippen LogP contribution in [-0.4, -0.2) is 53.8 Å². The Morgan fingerprint density at radius 3 is 1.95 bits per heavy atom. The summed E-state index contributed by atoms with van der Waals surface area (Å²) in [5.74, 6) is -2.33. The molecule has 7 rings (SSSR count). The first-order chi connectivity index (χ1) is 21.3. The number of hydrogen-bond acceptors (Lipinski definition) is 8. The van der Waals surface area contributed by atoms with Crippen LogP contribution in [0.15, 0.2) is 66.7 Å². The number of amides is 3. The molecule has 44 heavy (non-hydrogen) atoms. The summed E-state index contributed by atoms with van der Waals surface area (Å²) in [6.45, 7) is -0.312. The number of esters is 1. The van der Waals surface area contributed by atoms with E-state index in [4.69, 9.17) is 9.47 Å². The highest BCUT2D eigenvalue weighted by atomic mass is 16.6. The molecule has 3 aliphatic carbocycles. The molecule has 2 bridgehead atoms. The molecule has 1 saturated heterocycles. The number of hydrogen-bond donors (Lipinski definition) is 1. The van der Waals surface area contributed by atoms with Gasteiger partial charge in [-0.2, -0.15) is 0 Å². The van der Waals surface area contributed by atoms with E-state index in [0.29, 0.717) is 25.0 Å². The number of nitrogens with one attached hydrogen (secondary N) is 1. The molecule has 0 radical (unpaired) electrons. The fourth-order valence-electron chi connectivity index (χ4n) is 6.98. The van der Waals surface area contributed by atoms with Gasteiger partial charge in [-0.1, -0.05) is 55.0 Å². The number of methoxy groups -OCH3 is 1. The Bertz CT molecular complexity index is 1550. The van der Waals surface area contributed by atoms with Crippen LogP contribution < -0.4 is 10.1 Å². The third kappa shape index (κ3) is 5.08. The number of ether oxygens (including phenoxy) is 2. The summed E-state index contributed by atoms with van der Waals surface area (Å²) in [5, 5.41) is 13.6. The van der Waals surface area contributed by atoms with E-state index in [9.17, 15) is 29.3 Å². The van der Waals surface area contributed by atoms with Crippen LogP contribution in [0.25, 0.3) is 0 Å². The molecule has 0 aromatic heterocycles. The van der Waals surface area contributed by atoms with E-state index in [1.807, 2.05) is 24.3 Å². The number of rotatable bonds is 11. The molecule has 3 aromatic carbocycles.